The molecular weight excluding hydrogens is 393 g/mol. The fourth-order valence-electron chi connectivity index (χ4n) is 2.84. The van der Waals surface area contributed by atoms with Crippen LogP contribution in [0.25, 0.3) is 21.3 Å². The van der Waals surface area contributed by atoms with E-state index in [1.807, 2.05) is 6.07 Å². The summed E-state index contributed by atoms with van der Waals surface area (Å²) in [6.45, 7) is -0.167. The third kappa shape index (κ3) is 2.90. The molecule has 3 rings (SSSR count). The van der Waals surface area contributed by atoms with Gasteiger partial charge >= 0.3 is 0 Å². The Morgan fingerprint density at radius 2 is 1.96 bits per heavy atom. The van der Waals surface area contributed by atoms with Gasteiger partial charge in [0.1, 0.15) is 23.4 Å². The molecule has 1 aromatic carbocycles. The number of azide groups is 1. The van der Waals surface area contributed by atoms with Crippen LogP contribution in [-0.2, 0) is 4.74 Å². The van der Waals surface area contributed by atoms with Gasteiger partial charge in [0.15, 0.2) is 6.23 Å². The van der Waals surface area contributed by atoms with Gasteiger partial charge in [0.05, 0.1) is 33.8 Å². The molecule has 1 aliphatic heterocycles. The number of fused-ring (bicyclic) bond motifs is 1. The van der Waals surface area contributed by atoms with Crippen LogP contribution in [0, 0.1) is 11.3 Å². The first-order valence-corrected chi connectivity index (χ1v) is 8.15. The molecule has 25 heavy (non-hydrogen) atoms. The van der Waals surface area contributed by atoms with Crippen molar-refractivity contribution >= 4 is 45.7 Å². The first-order valence-electron chi connectivity index (χ1n) is 7.01. The highest BCUT2D eigenvalue weighted by Gasteiger charge is 2.44. The van der Waals surface area contributed by atoms with Crippen LogP contribution in [0.15, 0.2) is 17.2 Å². The minimum absolute atomic E-state index is 0.0107. The van der Waals surface area contributed by atoms with Gasteiger partial charge in [-0.25, -0.2) is 0 Å². The molecule has 11 heteroatoms. The lowest BCUT2D eigenvalue weighted by atomic mass is 10.1. The molecular formula is C14H10Cl3N5O3. The fourth-order valence-corrected chi connectivity index (χ4v) is 3.49. The molecule has 130 valence electrons. The van der Waals surface area contributed by atoms with Crippen LogP contribution in [0.3, 0.4) is 0 Å². The number of ether oxygens (including phenoxy) is 1. The topological polar surface area (TPSA) is 127 Å². The van der Waals surface area contributed by atoms with Crippen molar-refractivity contribution in [1.82, 2.24) is 4.57 Å². The lowest BCUT2D eigenvalue weighted by Crippen LogP contribution is -2.32. The summed E-state index contributed by atoms with van der Waals surface area (Å²) in [4.78, 5) is 2.61. The zero-order chi connectivity index (χ0) is 18.3. The predicted molar refractivity (Wildman–Crippen MR) is 91.6 cm³/mol. The van der Waals surface area contributed by atoms with Crippen LogP contribution in [0.4, 0.5) is 0 Å². The molecule has 0 unspecified atom stereocenters. The van der Waals surface area contributed by atoms with Crippen molar-refractivity contribution in [2.45, 2.75) is 24.5 Å². The molecule has 1 aliphatic rings. The SMILES string of the molecule is N#Cc1c(Cl)n([C@@H]2O[C@H](CN=[N+]=[N-])[C@@H](O)[C@H]2O)c2cc(Cl)c(Cl)cc12. The number of aromatic nitrogens is 1. The maximum Gasteiger partial charge on any atom is 0.164 e. The van der Waals surface area contributed by atoms with E-state index >= 15 is 0 Å². The summed E-state index contributed by atoms with van der Waals surface area (Å²) in [5.74, 6) is 0. The van der Waals surface area contributed by atoms with Crippen LogP contribution in [-0.4, -0.2) is 39.6 Å². The third-order valence-electron chi connectivity index (χ3n) is 4.01. The average Bonchev–Trinajstić information content (AvgIpc) is 3.00. The molecule has 0 saturated carbocycles. The van der Waals surface area contributed by atoms with Crippen LogP contribution >= 0.6 is 34.8 Å². The molecule has 2 N–H and O–H groups in total. The monoisotopic (exact) mass is 401 g/mol. The average molecular weight is 403 g/mol. The lowest BCUT2D eigenvalue weighted by molar-refractivity contribution is -0.0313. The Morgan fingerprint density at radius 3 is 2.60 bits per heavy atom. The van der Waals surface area contributed by atoms with E-state index in [2.05, 4.69) is 10.0 Å². The minimum Gasteiger partial charge on any atom is -0.388 e. The number of halogens is 3. The summed E-state index contributed by atoms with van der Waals surface area (Å²) in [7, 11) is 0. The zero-order valence-electron chi connectivity index (χ0n) is 12.3. The summed E-state index contributed by atoms with van der Waals surface area (Å²) in [5.41, 5.74) is 8.96. The van der Waals surface area contributed by atoms with Crippen molar-refractivity contribution < 1.29 is 14.9 Å². The Bertz CT molecular complexity index is 934. The summed E-state index contributed by atoms with van der Waals surface area (Å²) < 4.78 is 6.98. The van der Waals surface area contributed by atoms with E-state index in [0.29, 0.717) is 10.9 Å². The molecule has 2 heterocycles. The second-order valence-electron chi connectivity index (χ2n) is 5.39. The number of aliphatic hydroxyl groups excluding tert-OH is 2. The standard InChI is InChI=1S/C14H10Cl3N5O3/c15-7-1-5-6(3-18)13(17)22(9(5)2-8(7)16)14-12(24)11(23)10(25-14)4-20-21-19/h1-2,10-12,14,23-24H,4H2/t10-,11-,12-,14-/m1/s1. The molecule has 2 aromatic rings. The van der Waals surface area contributed by atoms with Crippen LogP contribution < -0.4 is 0 Å². The van der Waals surface area contributed by atoms with E-state index in [1.165, 1.54) is 16.7 Å². The smallest absolute Gasteiger partial charge is 0.164 e. The van der Waals surface area contributed by atoms with E-state index in [0.717, 1.165) is 0 Å². The zero-order valence-corrected chi connectivity index (χ0v) is 14.6. The summed E-state index contributed by atoms with van der Waals surface area (Å²) in [6.07, 6.45) is -4.66. The minimum atomic E-state index is -1.35. The fraction of sp³-hybridized carbons (Fsp3) is 0.357. The van der Waals surface area contributed by atoms with Crippen LogP contribution in [0.1, 0.15) is 11.8 Å². The molecule has 1 aromatic heterocycles. The van der Waals surface area contributed by atoms with Crippen molar-refractivity contribution in [3.63, 3.8) is 0 Å². The molecule has 0 bridgehead atoms. The Morgan fingerprint density at radius 1 is 1.28 bits per heavy atom. The number of hydrogen-bond acceptors (Lipinski definition) is 5. The molecule has 8 nitrogen and oxygen atoms in total. The van der Waals surface area contributed by atoms with Gasteiger partial charge in [0, 0.05) is 10.3 Å². The molecule has 0 spiro atoms. The van der Waals surface area contributed by atoms with Crippen LogP contribution in [0.5, 0.6) is 0 Å². The van der Waals surface area contributed by atoms with Gasteiger partial charge in [-0.3, -0.25) is 0 Å². The van der Waals surface area contributed by atoms with Crippen molar-refractivity contribution in [2.75, 3.05) is 6.54 Å². The van der Waals surface area contributed by atoms with Gasteiger partial charge in [-0.05, 0) is 17.7 Å². The van der Waals surface area contributed by atoms with E-state index in [9.17, 15) is 15.5 Å². The Balaban J connectivity index is 2.16. The van der Waals surface area contributed by atoms with Gasteiger partial charge in [0.2, 0.25) is 0 Å². The highest BCUT2D eigenvalue weighted by molar-refractivity contribution is 6.43. The normalized spacial score (nSPS) is 25.8. The van der Waals surface area contributed by atoms with Crippen LogP contribution in [0.2, 0.25) is 15.2 Å². The Kier molecular flexibility index (Phi) is 5.00. The first kappa shape index (κ1) is 18.1. The molecule has 0 amide bonds. The number of nitriles is 1. The summed E-state index contributed by atoms with van der Waals surface area (Å²) in [5, 5.41) is 34.1. The molecule has 1 saturated heterocycles. The quantitative estimate of drug-likeness (QED) is 0.463. The van der Waals surface area contributed by atoms with E-state index in [1.54, 1.807) is 0 Å². The van der Waals surface area contributed by atoms with E-state index in [4.69, 9.17) is 45.1 Å². The number of aliphatic hydroxyl groups is 2. The number of rotatable bonds is 3. The molecule has 1 fully saturated rings. The molecule has 4 atom stereocenters. The van der Waals surface area contributed by atoms with Crippen molar-refractivity contribution in [1.29, 1.82) is 5.26 Å². The number of hydrogen-bond donors (Lipinski definition) is 2. The van der Waals surface area contributed by atoms with E-state index < -0.39 is 24.5 Å². The number of benzene rings is 1. The predicted octanol–water partition coefficient (Wildman–Crippen LogP) is 3.40. The highest BCUT2D eigenvalue weighted by Crippen LogP contribution is 2.41. The van der Waals surface area contributed by atoms with Gasteiger partial charge in [-0.1, -0.05) is 39.9 Å². The third-order valence-corrected chi connectivity index (χ3v) is 5.11. The van der Waals surface area contributed by atoms with Gasteiger partial charge in [-0.15, -0.1) is 0 Å². The Hall–Kier alpha value is -1.69. The van der Waals surface area contributed by atoms with E-state index in [-0.39, 0.29) is 27.3 Å². The molecule has 0 radical (unpaired) electrons. The number of nitrogens with zero attached hydrogens (tertiary/aromatic N) is 5. The van der Waals surface area contributed by atoms with Gasteiger partial charge in [0.25, 0.3) is 0 Å². The highest BCUT2D eigenvalue weighted by atomic mass is 35.5. The second kappa shape index (κ2) is 6.90. The van der Waals surface area contributed by atoms with Gasteiger partial charge in [-0.2, -0.15) is 5.26 Å². The first-order chi connectivity index (χ1) is 11.9. The Labute approximate surface area is 156 Å². The van der Waals surface area contributed by atoms with Gasteiger partial charge < -0.3 is 19.5 Å². The summed E-state index contributed by atoms with van der Waals surface area (Å²) in [6, 6.07) is 4.97. The maximum absolute atomic E-state index is 10.3. The molecule has 0 aliphatic carbocycles. The van der Waals surface area contributed by atoms with Crippen molar-refractivity contribution in [3.05, 3.63) is 43.3 Å². The van der Waals surface area contributed by atoms with Crippen molar-refractivity contribution in [3.8, 4) is 6.07 Å². The maximum atomic E-state index is 10.3. The van der Waals surface area contributed by atoms with Crippen molar-refractivity contribution in [2.24, 2.45) is 5.11 Å². The largest absolute Gasteiger partial charge is 0.388 e. The second-order valence-corrected chi connectivity index (χ2v) is 6.56. The summed E-state index contributed by atoms with van der Waals surface area (Å²) >= 11 is 18.4. The lowest BCUT2D eigenvalue weighted by Gasteiger charge is -2.19.